The Balaban J connectivity index is 2.47. The molecular formula is C20H32N2O. The number of aryl methyl sites for hydroxylation is 1. The highest BCUT2D eigenvalue weighted by Gasteiger charge is 2.15. The third kappa shape index (κ3) is 4.29. The summed E-state index contributed by atoms with van der Waals surface area (Å²) in [6.07, 6.45) is 2.63. The number of aromatic nitrogens is 1. The topological polar surface area (TPSA) is 26.2 Å². The second-order valence-electron chi connectivity index (χ2n) is 6.95. The number of ether oxygens (including phenoxy) is 1. The van der Waals surface area contributed by atoms with Crippen LogP contribution in [0, 0.1) is 6.92 Å². The third-order valence-electron chi connectivity index (χ3n) is 4.22. The van der Waals surface area contributed by atoms with Crippen LogP contribution < -0.4 is 10.1 Å². The maximum absolute atomic E-state index is 5.90. The number of hydrogen-bond donors (Lipinski definition) is 1. The smallest absolute Gasteiger partial charge is 0.120 e. The van der Waals surface area contributed by atoms with E-state index in [0.29, 0.717) is 6.04 Å². The van der Waals surface area contributed by atoms with Crippen LogP contribution in [0.4, 0.5) is 0 Å². The fourth-order valence-corrected chi connectivity index (χ4v) is 3.01. The first-order valence-corrected chi connectivity index (χ1v) is 8.95. The van der Waals surface area contributed by atoms with Crippen LogP contribution >= 0.6 is 0 Å². The zero-order valence-electron chi connectivity index (χ0n) is 15.6. The molecule has 0 saturated heterocycles. The summed E-state index contributed by atoms with van der Waals surface area (Å²) in [5.74, 6) is 0.964. The van der Waals surface area contributed by atoms with Crippen molar-refractivity contribution in [1.29, 1.82) is 0 Å². The molecule has 3 heteroatoms. The van der Waals surface area contributed by atoms with Gasteiger partial charge < -0.3 is 14.6 Å². The quantitative estimate of drug-likeness (QED) is 0.739. The first-order chi connectivity index (χ1) is 10.9. The van der Waals surface area contributed by atoms with Crippen LogP contribution in [0.1, 0.15) is 58.7 Å². The van der Waals surface area contributed by atoms with E-state index in [9.17, 15) is 0 Å². The lowest BCUT2D eigenvalue weighted by atomic mass is 10.1. The minimum absolute atomic E-state index is 0.202. The van der Waals surface area contributed by atoms with Gasteiger partial charge in [0.15, 0.2) is 0 Å². The van der Waals surface area contributed by atoms with Crippen molar-refractivity contribution in [1.82, 2.24) is 9.88 Å². The highest BCUT2D eigenvalue weighted by molar-refractivity contribution is 5.87. The predicted molar refractivity (Wildman–Crippen MR) is 99.3 cm³/mol. The molecule has 0 unspecified atom stereocenters. The molecule has 0 bridgehead atoms. The minimum atomic E-state index is 0.202. The van der Waals surface area contributed by atoms with Crippen LogP contribution in [-0.4, -0.2) is 16.7 Å². The van der Waals surface area contributed by atoms with E-state index in [1.54, 1.807) is 0 Å². The van der Waals surface area contributed by atoms with E-state index in [1.807, 2.05) is 0 Å². The largest absolute Gasteiger partial charge is 0.491 e. The van der Waals surface area contributed by atoms with Crippen molar-refractivity contribution in [3.05, 3.63) is 29.5 Å². The average molecular weight is 316 g/mol. The van der Waals surface area contributed by atoms with Gasteiger partial charge in [0.2, 0.25) is 0 Å². The van der Waals surface area contributed by atoms with E-state index >= 15 is 0 Å². The van der Waals surface area contributed by atoms with Crippen molar-refractivity contribution < 1.29 is 4.74 Å². The monoisotopic (exact) mass is 316 g/mol. The molecule has 2 rings (SSSR count). The number of nitrogens with one attached hydrogen (secondary N) is 1. The van der Waals surface area contributed by atoms with Crippen molar-refractivity contribution in [3.63, 3.8) is 0 Å². The molecule has 0 aliphatic heterocycles. The molecule has 0 aliphatic carbocycles. The Morgan fingerprint density at radius 3 is 2.52 bits per heavy atom. The van der Waals surface area contributed by atoms with Gasteiger partial charge in [-0.25, -0.2) is 0 Å². The molecule has 2 aromatic rings. The van der Waals surface area contributed by atoms with E-state index in [2.05, 4.69) is 69.6 Å². The molecule has 3 nitrogen and oxygen atoms in total. The molecule has 0 saturated carbocycles. The van der Waals surface area contributed by atoms with Gasteiger partial charge in [0.05, 0.1) is 6.10 Å². The molecule has 0 aliphatic rings. The third-order valence-corrected chi connectivity index (χ3v) is 4.22. The molecule has 1 aromatic heterocycles. The predicted octanol–water partition coefficient (Wildman–Crippen LogP) is 5.04. The number of fused-ring (bicyclic) bond motifs is 1. The SMILES string of the molecule is CCCCn1c(C)c(CNC(C)C)c2cc(OC(C)C)ccc21. The summed E-state index contributed by atoms with van der Waals surface area (Å²) in [6, 6.07) is 7.01. The molecule has 1 aromatic carbocycles. The first kappa shape index (κ1) is 17.9. The second-order valence-corrected chi connectivity index (χ2v) is 6.95. The van der Waals surface area contributed by atoms with E-state index in [-0.39, 0.29) is 6.10 Å². The van der Waals surface area contributed by atoms with Gasteiger partial charge in [-0.2, -0.15) is 0 Å². The lowest BCUT2D eigenvalue weighted by Gasteiger charge is -2.11. The van der Waals surface area contributed by atoms with Crippen LogP contribution in [0.5, 0.6) is 5.75 Å². The number of unbranched alkanes of at least 4 members (excludes halogenated alkanes) is 1. The van der Waals surface area contributed by atoms with Gasteiger partial charge in [-0.3, -0.25) is 0 Å². The van der Waals surface area contributed by atoms with Crippen LogP contribution in [0.25, 0.3) is 10.9 Å². The van der Waals surface area contributed by atoms with Gasteiger partial charge in [-0.15, -0.1) is 0 Å². The summed E-state index contributed by atoms with van der Waals surface area (Å²) in [5.41, 5.74) is 4.11. The average Bonchev–Trinajstić information content (AvgIpc) is 2.73. The van der Waals surface area contributed by atoms with Crippen LogP contribution in [0.15, 0.2) is 18.2 Å². The van der Waals surface area contributed by atoms with E-state index in [4.69, 9.17) is 4.74 Å². The number of nitrogens with zero attached hydrogens (tertiary/aromatic N) is 1. The summed E-state index contributed by atoms with van der Waals surface area (Å²) < 4.78 is 8.37. The van der Waals surface area contributed by atoms with Gasteiger partial charge in [0.25, 0.3) is 0 Å². The highest BCUT2D eigenvalue weighted by Crippen LogP contribution is 2.30. The first-order valence-electron chi connectivity index (χ1n) is 8.95. The van der Waals surface area contributed by atoms with E-state index < -0.39 is 0 Å². The van der Waals surface area contributed by atoms with Crippen molar-refractivity contribution in [2.24, 2.45) is 0 Å². The number of rotatable bonds is 8. The molecule has 0 fully saturated rings. The Bertz CT molecular complexity index is 641. The van der Waals surface area contributed by atoms with E-state index in [0.717, 1.165) is 18.8 Å². The standard InChI is InChI=1S/C20H32N2O/c1-7-8-11-22-16(6)19(13-21-14(2)3)18-12-17(23-15(4)5)9-10-20(18)22/h9-10,12,14-15,21H,7-8,11,13H2,1-6H3. The van der Waals surface area contributed by atoms with Gasteiger partial charge in [0.1, 0.15) is 5.75 Å². The fourth-order valence-electron chi connectivity index (χ4n) is 3.01. The normalized spacial score (nSPS) is 11.8. The molecule has 0 radical (unpaired) electrons. The molecule has 1 N–H and O–H groups in total. The van der Waals surface area contributed by atoms with Crippen molar-refractivity contribution in [2.45, 2.75) is 79.6 Å². The Morgan fingerprint density at radius 1 is 1.17 bits per heavy atom. The Hall–Kier alpha value is -1.48. The molecule has 0 atom stereocenters. The molecule has 128 valence electrons. The van der Waals surface area contributed by atoms with Crippen LogP contribution in [-0.2, 0) is 13.1 Å². The Labute approximate surface area is 141 Å². The second kappa shape index (κ2) is 7.87. The van der Waals surface area contributed by atoms with Crippen molar-refractivity contribution in [3.8, 4) is 5.75 Å². The molecule has 1 heterocycles. The minimum Gasteiger partial charge on any atom is -0.491 e. The molecule has 0 spiro atoms. The molecular weight excluding hydrogens is 284 g/mol. The van der Waals surface area contributed by atoms with Gasteiger partial charge in [-0.05, 0) is 51.0 Å². The molecule has 23 heavy (non-hydrogen) atoms. The summed E-state index contributed by atoms with van der Waals surface area (Å²) in [7, 11) is 0. The van der Waals surface area contributed by atoms with Crippen LogP contribution in [0.2, 0.25) is 0 Å². The van der Waals surface area contributed by atoms with Crippen LogP contribution in [0.3, 0.4) is 0 Å². The molecule has 0 amide bonds. The zero-order chi connectivity index (χ0) is 17.0. The zero-order valence-corrected chi connectivity index (χ0v) is 15.6. The van der Waals surface area contributed by atoms with Crippen molar-refractivity contribution >= 4 is 10.9 Å². The van der Waals surface area contributed by atoms with Gasteiger partial charge >= 0.3 is 0 Å². The van der Waals surface area contributed by atoms with Gasteiger partial charge in [0, 0.05) is 35.7 Å². The lowest BCUT2D eigenvalue weighted by Crippen LogP contribution is -2.22. The summed E-state index contributed by atoms with van der Waals surface area (Å²) in [4.78, 5) is 0. The summed E-state index contributed by atoms with van der Waals surface area (Å²) in [6.45, 7) is 15.0. The summed E-state index contributed by atoms with van der Waals surface area (Å²) in [5, 5.41) is 4.89. The number of hydrogen-bond acceptors (Lipinski definition) is 2. The number of benzene rings is 1. The summed E-state index contributed by atoms with van der Waals surface area (Å²) >= 11 is 0. The maximum Gasteiger partial charge on any atom is 0.120 e. The fraction of sp³-hybridized carbons (Fsp3) is 0.600. The van der Waals surface area contributed by atoms with Gasteiger partial charge in [-0.1, -0.05) is 27.2 Å². The highest BCUT2D eigenvalue weighted by atomic mass is 16.5. The van der Waals surface area contributed by atoms with Crippen molar-refractivity contribution in [2.75, 3.05) is 0 Å². The van der Waals surface area contributed by atoms with E-state index in [1.165, 1.54) is 35.0 Å². The lowest BCUT2D eigenvalue weighted by molar-refractivity contribution is 0.243. The Kier molecular flexibility index (Phi) is 6.11. The Morgan fingerprint density at radius 2 is 1.91 bits per heavy atom. The maximum atomic E-state index is 5.90.